The average Bonchev–Trinajstić information content (AvgIpc) is 2.89. The molecule has 3 aromatic rings. The first-order valence-corrected chi connectivity index (χ1v) is 7.75. The number of rotatable bonds is 3. The Morgan fingerprint density at radius 3 is 2.76 bits per heavy atom. The molecule has 0 bridgehead atoms. The number of hydrogen-bond donors (Lipinski definition) is 1. The number of hydrogen-bond acceptors (Lipinski definition) is 4. The smallest absolute Gasteiger partial charge is 0.164 e. The maximum Gasteiger partial charge on any atom is 0.164 e. The molecule has 1 N–H and O–H groups in total. The highest BCUT2D eigenvalue weighted by Crippen LogP contribution is 2.33. The number of aryl methyl sites for hydroxylation is 1. The number of anilines is 1. The predicted molar refractivity (Wildman–Crippen MR) is 86.7 cm³/mol. The summed E-state index contributed by atoms with van der Waals surface area (Å²) in [5, 5.41) is 4.40. The van der Waals surface area contributed by atoms with Gasteiger partial charge >= 0.3 is 0 Å². The molecule has 0 aliphatic heterocycles. The minimum atomic E-state index is -0.372. The Bertz CT molecular complexity index is 816. The van der Waals surface area contributed by atoms with Gasteiger partial charge in [0.05, 0.1) is 10.4 Å². The van der Waals surface area contributed by atoms with Gasteiger partial charge in [0.25, 0.3) is 0 Å². The van der Waals surface area contributed by atoms with Crippen molar-refractivity contribution >= 4 is 39.0 Å². The van der Waals surface area contributed by atoms with Crippen molar-refractivity contribution < 1.29 is 4.39 Å². The number of benzene rings is 1. The lowest BCUT2D eigenvalue weighted by Crippen LogP contribution is -1.97. The summed E-state index contributed by atoms with van der Waals surface area (Å²) in [6.45, 7) is 2.11. The zero-order valence-corrected chi connectivity index (χ0v) is 13.1. The Morgan fingerprint density at radius 1 is 1.29 bits per heavy atom. The summed E-state index contributed by atoms with van der Waals surface area (Å²) >= 11 is 7.74. The zero-order valence-electron chi connectivity index (χ0n) is 11.6. The molecule has 0 saturated carbocycles. The van der Waals surface area contributed by atoms with Gasteiger partial charge in [-0.2, -0.15) is 0 Å². The third kappa shape index (κ3) is 2.59. The van der Waals surface area contributed by atoms with Crippen LogP contribution in [0.3, 0.4) is 0 Å². The van der Waals surface area contributed by atoms with E-state index in [2.05, 4.69) is 28.3 Å². The minimum absolute atomic E-state index is 0.309. The lowest BCUT2D eigenvalue weighted by atomic mass is 10.2. The van der Waals surface area contributed by atoms with Crippen molar-refractivity contribution in [3.8, 4) is 11.4 Å². The Labute approximate surface area is 130 Å². The van der Waals surface area contributed by atoms with E-state index < -0.39 is 0 Å². The Kier molecular flexibility index (Phi) is 3.78. The fourth-order valence-corrected chi connectivity index (χ4v) is 3.35. The highest BCUT2D eigenvalue weighted by Gasteiger charge is 2.14. The monoisotopic (exact) mass is 321 g/mol. The van der Waals surface area contributed by atoms with E-state index in [0.717, 1.165) is 22.5 Å². The second-order valence-electron chi connectivity index (χ2n) is 4.56. The van der Waals surface area contributed by atoms with Gasteiger partial charge in [0.1, 0.15) is 16.5 Å². The summed E-state index contributed by atoms with van der Waals surface area (Å²) in [4.78, 5) is 11.2. The average molecular weight is 322 g/mol. The second-order valence-corrected chi connectivity index (χ2v) is 6.08. The summed E-state index contributed by atoms with van der Waals surface area (Å²) in [5.41, 5.74) is 0.628. The molecule has 0 aliphatic rings. The van der Waals surface area contributed by atoms with Gasteiger partial charge in [-0.1, -0.05) is 18.5 Å². The molecule has 2 heterocycles. The number of nitrogens with one attached hydrogen (secondary N) is 1. The van der Waals surface area contributed by atoms with E-state index >= 15 is 0 Å². The molecule has 0 saturated heterocycles. The minimum Gasteiger partial charge on any atom is -0.372 e. The molecule has 6 heteroatoms. The highest BCUT2D eigenvalue weighted by atomic mass is 35.5. The lowest BCUT2D eigenvalue weighted by molar-refractivity contribution is 0.628. The van der Waals surface area contributed by atoms with E-state index in [0.29, 0.717) is 16.4 Å². The van der Waals surface area contributed by atoms with Gasteiger partial charge in [-0.3, -0.25) is 0 Å². The molecule has 0 spiro atoms. The molecule has 0 unspecified atom stereocenters. The van der Waals surface area contributed by atoms with Crippen LogP contribution in [0.4, 0.5) is 10.2 Å². The maximum atomic E-state index is 13.2. The molecule has 0 atom stereocenters. The molecular formula is C15H13ClFN3S. The van der Waals surface area contributed by atoms with Crippen molar-refractivity contribution in [2.45, 2.75) is 13.3 Å². The van der Waals surface area contributed by atoms with E-state index in [1.54, 1.807) is 17.4 Å². The number of nitrogens with zero attached hydrogens (tertiary/aromatic N) is 2. The van der Waals surface area contributed by atoms with E-state index in [9.17, 15) is 4.39 Å². The molecule has 0 amide bonds. The van der Waals surface area contributed by atoms with Gasteiger partial charge in [0.15, 0.2) is 5.82 Å². The fraction of sp³-hybridized carbons (Fsp3) is 0.200. The van der Waals surface area contributed by atoms with Crippen LogP contribution in [-0.4, -0.2) is 17.0 Å². The van der Waals surface area contributed by atoms with Gasteiger partial charge in [-0.15, -0.1) is 11.3 Å². The Morgan fingerprint density at radius 2 is 2.10 bits per heavy atom. The first kappa shape index (κ1) is 14.2. The number of aromatic nitrogens is 2. The molecule has 21 heavy (non-hydrogen) atoms. The summed E-state index contributed by atoms with van der Waals surface area (Å²) < 4.78 is 13.2. The van der Waals surface area contributed by atoms with Gasteiger partial charge in [0, 0.05) is 17.5 Å². The maximum absolute atomic E-state index is 13.2. The Hall–Kier alpha value is -1.72. The van der Waals surface area contributed by atoms with Gasteiger partial charge in [-0.25, -0.2) is 14.4 Å². The Balaban J connectivity index is 2.23. The summed E-state index contributed by atoms with van der Waals surface area (Å²) in [6, 6.07) is 6.34. The molecule has 0 aliphatic carbocycles. The van der Waals surface area contributed by atoms with Crippen LogP contribution >= 0.6 is 22.9 Å². The van der Waals surface area contributed by atoms with Gasteiger partial charge in [0.2, 0.25) is 0 Å². The van der Waals surface area contributed by atoms with Crippen molar-refractivity contribution in [2.75, 3.05) is 12.4 Å². The van der Waals surface area contributed by atoms with E-state index in [4.69, 9.17) is 11.6 Å². The molecule has 0 radical (unpaired) electrons. The topological polar surface area (TPSA) is 37.8 Å². The van der Waals surface area contributed by atoms with Crippen LogP contribution in [0.15, 0.2) is 24.3 Å². The summed E-state index contributed by atoms with van der Waals surface area (Å²) in [6.07, 6.45) is 0.955. The second kappa shape index (κ2) is 5.58. The van der Waals surface area contributed by atoms with Crippen LogP contribution in [0.2, 0.25) is 5.02 Å². The van der Waals surface area contributed by atoms with E-state index in [1.807, 2.05) is 7.05 Å². The number of thiophene rings is 1. The van der Waals surface area contributed by atoms with Crippen molar-refractivity contribution in [1.29, 1.82) is 0 Å². The predicted octanol–water partition coefficient (Wildman–Crippen LogP) is 4.75. The first-order chi connectivity index (χ1) is 10.1. The largest absolute Gasteiger partial charge is 0.372 e. The van der Waals surface area contributed by atoms with Crippen molar-refractivity contribution in [2.24, 2.45) is 0 Å². The molecule has 0 fully saturated rings. The number of fused-ring (bicyclic) bond motifs is 1. The van der Waals surface area contributed by atoms with Gasteiger partial charge < -0.3 is 5.32 Å². The third-order valence-electron chi connectivity index (χ3n) is 3.20. The van der Waals surface area contributed by atoms with Crippen LogP contribution in [0.5, 0.6) is 0 Å². The van der Waals surface area contributed by atoms with Crippen LogP contribution < -0.4 is 5.32 Å². The molecular weight excluding hydrogens is 309 g/mol. The third-order valence-corrected chi connectivity index (χ3v) is 4.69. The lowest BCUT2D eigenvalue weighted by Gasteiger charge is -2.07. The molecule has 108 valence electrons. The molecule has 2 aromatic heterocycles. The zero-order chi connectivity index (χ0) is 15.0. The summed E-state index contributed by atoms with van der Waals surface area (Å²) in [7, 11) is 1.82. The molecule has 3 rings (SSSR count). The summed E-state index contributed by atoms with van der Waals surface area (Å²) in [5.74, 6) is 0.885. The normalized spacial score (nSPS) is 11.0. The quantitative estimate of drug-likeness (QED) is 0.756. The standard InChI is InChI=1S/C15H13ClFN3S/c1-3-9-7-11-13(18-2)19-14(20-15(11)21-9)10-5-4-8(17)6-12(10)16/h4-7H,3H2,1-2H3,(H,18,19,20). The number of halogens is 2. The highest BCUT2D eigenvalue weighted by molar-refractivity contribution is 7.18. The molecule has 3 nitrogen and oxygen atoms in total. The fourth-order valence-electron chi connectivity index (χ4n) is 2.13. The first-order valence-electron chi connectivity index (χ1n) is 6.56. The van der Waals surface area contributed by atoms with E-state index in [1.165, 1.54) is 17.0 Å². The van der Waals surface area contributed by atoms with E-state index in [-0.39, 0.29) is 5.82 Å². The van der Waals surface area contributed by atoms with Crippen LogP contribution in [0.25, 0.3) is 21.6 Å². The van der Waals surface area contributed by atoms with Crippen molar-refractivity contribution in [1.82, 2.24) is 9.97 Å². The van der Waals surface area contributed by atoms with Crippen molar-refractivity contribution in [3.63, 3.8) is 0 Å². The van der Waals surface area contributed by atoms with Crippen LogP contribution in [-0.2, 0) is 6.42 Å². The van der Waals surface area contributed by atoms with Crippen LogP contribution in [0, 0.1) is 5.82 Å². The molecule has 1 aromatic carbocycles. The van der Waals surface area contributed by atoms with Crippen LogP contribution in [0.1, 0.15) is 11.8 Å². The van der Waals surface area contributed by atoms with Crippen molar-refractivity contribution in [3.05, 3.63) is 40.0 Å². The van der Waals surface area contributed by atoms with Gasteiger partial charge in [-0.05, 0) is 30.7 Å². The SMILES string of the molecule is CCc1cc2c(NC)nc(-c3ccc(F)cc3Cl)nc2s1.